The predicted molar refractivity (Wildman–Crippen MR) is 76.2 cm³/mol. The summed E-state index contributed by atoms with van der Waals surface area (Å²) in [7, 11) is 1.71. The molecule has 2 rings (SSSR count). The van der Waals surface area contributed by atoms with Crippen molar-refractivity contribution in [2.75, 3.05) is 26.8 Å². The molecule has 1 saturated heterocycles. The lowest BCUT2D eigenvalue weighted by molar-refractivity contribution is -0.139. The fourth-order valence-electron chi connectivity index (χ4n) is 2.95. The van der Waals surface area contributed by atoms with E-state index in [4.69, 9.17) is 4.74 Å². The number of unbranched alkanes of at least 4 members (excludes halogenated alkanes) is 2. The number of nitrogens with zero attached hydrogens (tertiary/aromatic N) is 1. The van der Waals surface area contributed by atoms with E-state index in [1.165, 1.54) is 0 Å². The van der Waals surface area contributed by atoms with Crippen molar-refractivity contribution in [2.45, 2.75) is 51.0 Å². The molecule has 0 radical (unpaired) electrons. The third-order valence-corrected chi connectivity index (χ3v) is 4.41. The van der Waals surface area contributed by atoms with E-state index in [-0.39, 0.29) is 11.8 Å². The van der Waals surface area contributed by atoms with Crippen molar-refractivity contribution < 1.29 is 14.3 Å². The number of ether oxygens (including phenoxy) is 1. The van der Waals surface area contributed by atoms with Crippen LogP contribution in [0.4, 0.5) is 0 Å². The van der Waals surface area contributed by atoms with E-state index in [1.807, 2.05) is 11.8 Å². The van der Waals surface area contributed by atoms with Gasteiger partial charge in [-0.2, -0.15) is 0 Å². The number of hydrogen-bond acceptors (Lipinski definition) is 3. The molecular weight excluding hydrogens is 256 g/mol. The van der Waals surface area contributed by atoms with E-state index in [9.17, 15) is 9.59 Å². The largest absolute Gasteiger partial charge is 0.385 e. The van der Waals surface area contributed by atoms with Crippen molar-refractivity contribution in [1.82, 2.24) is 10.2 Å². The second-order valence-electron chi connectivity index (χ2n) is 6.12. The molecule has 2 amide bonds. The highest BCUT2D eigenvalue weighted by Crippen LogP contribution is 2.41. The van der Waals surface area contributed by atoms with Crippen molar-refractivity contribution in [2.24, 2.45) is 5.92 Å². The molecule has 2 fully saturated rings. The van der Waals surface area contributed by atoms with Gasteiger partial charge < -0.3 is 15.0 Å². The van der Waals surface area contributed by atoms with E-state index in [1.54, 1.807) is 7.11 Å². The average molecular weight is 282 g/mol. The molecule has 0 bridgehead atoms. The van der Waals surface area contributed by atoms with Crippen molar-refractivity contribution in [3.05, 3.63) is 0 Å². The van der Waals surface area contributed by atoms with Crippen LogP contribution >= 0.6 is 0 Å². The Labute approximate surface area is 121 Å². The van der Waals surface area contributed by atoms with Crippen LogP contribution < -0.4 is 5.32 Å². The van der Waals surface area contributed by atoms with Crippen LogP contribution in [0.3, 0.4) is 0 Å². The molecule has 1 saturated carbocycles. The Kier molecular flexibility index (Phi) is 5.02. The van der Waals surface area contributed by atoms with Gasteiger partial charge in [0, 0.05) is 33.2 Å². The summed E-state index contributed by atoms with van der Waals surface area (Å²) in [6, 6.07) is 0. The third-order valence-electron chi connectivity index (χ3n) is 4.41. The van der Waals surface area contributed by atoms with E-state index >= 15 is 0 Å². The summed E-state index contributed by atoms with van der Waals surface area (Å²) < 4.78 is 5.03. The van der Waals surface area contributed by atoms with Crippen LogP contribution in [0, 0.1) is 5.92 Å². The van der Waals surface area contributed by atoms with Gasteiger partial charge in [0.2, 0.25) is 11.8 Å². The van der Waals surface area contributed by atoms with Gasteiger partial charge in [0.25, 0.3) is 0 Å². The number of nitrogens with one attached hydrogen (secondary N) is 1. The fourth-order valence-corrected chi connectivity index (χ4v) is 2.95. The summed E-state index contributed by atoms with van der Waals surface area (Å²) >= 11 is 0. The molecule has 0 aromatic carbocycles. The molecular formula is C15H26N2O3. The van der Waals surface area contributed by atoms with Crippen molar-refractivity contribution in [1.29, 1.82) is 0 Å². The van der Waals surface area contributed by atoms with Gasteiger partial charge in [-0.1, -0.05) is 0 Å². The van der Waals surface area contributed by atoms with Crippen LogP contribution in [-0.2, 0) is 14.3 Å². The normalized spacial score (nSPS) is 27.4. The monoisotopic (exact) mass is 282 g/mol. The molecule has 20 heavy (non-hydrogen) atoms. The van der Waals surface area contributed by atoms with Crippen LogP contribution in [0.5, 0.6) is 0 Å². The molecule has 0 spiro atoms. The molecule has 2 aliphatic rings. The second kappa shape index (κ2) is 6.57. The summed E-state index contributed by atoms with van der Waals surface area (Å²) in [5.41, 5.74) is -0.667. The van der Waals surface area contributed by atoms with Crippen molar-refractivity contribution in [3.8, 4) is 0 Å². The lowest BCUT2D eigenvalue weighted by atomic mass is 9.94. The van der Waals surface area contributed by atoms with E-state index in [0.29, 0.717) is 18.9 Å². The maximum Gasteiger partial charge on any atom is 0.248 e. The Bertz CT molecular complexity index is 368. The fraction of sp³-hybridized carbons (Fsp3) is 0.867. The first-order valence-electron chi connectivity index (χ1n) is 7.67. The molecule has 5 heteroatoms. The number of methoxy groups -OCH3 is 1. The molecule has 1 atom stereocenters. The summed E-state index contributed by atoms with van der Waals surface area (Å²) in [6.07, 6.45) is 5.57. The maximum atomic E-state index is 12.7. The summed E-state index contributed by atoms with van der Waals surface area (Å²) in [4.78, 5) is 26.4. The lowest BCUT2D eigenvalue weighted by Gasteiger charge is -2.32. The Morgan fingerprint density at radius 2 is 2.05 bits per heavy atom. The van der Waals surface area contributed by atoms with E-state index in [0.717, 1.165) is 45.3 Å². The molecule has 1 heterocycles. The smallest absolute Gasteiger partial charge is 0.248 e. The summed E-state index contributed by atoms with van der Waals surface area (Å²) in [5, 5.41) is 2.96. The van der Waals surface area contributed by atoms with Gasteiger partial charge in [-0.25, -0.2) is 0 Å². The molecule has 1 aliphatic heterocycles. The lowest BCUT2D eigenvalue weighted by Crippen LogP contribution is -2.56. The molecule has 5 nitrogen and oxygen atoms in total. The first-order valence-corrected chi connectivity index (χ1v) is 7.67. The molecule has 1 aliphatic carbocycles. The maximum absolute atomic E-state index is 12.7. The van der Waals surface area contributed by atoms with Gasteiger partial charge in [-0.3, -0.25) is 9.59 Å². The van der Waals surface area contributed by atoms with Crippen LogP contribution in [-0.4, -0.2) is 49.1 Å². The average Bonchev–Trinajstić information content (AvgIpc) is 3.25. The molecule has 1 unspecified atom stereocenters. The third kappa shape index (κ3) is 3.51. The van der Waals surface area contributed by atoms with Gasteiger partial charge in [0.05, 0.1) is 0 Å². The molecule has 1 N–H and O–H groups in total. The number of amides is 2. The Morgan fingerprint density at radius 3 is 2.70 bits per heavy atom. The first kappa shape index (κ1) is 15.3. The van der Waals surface area contributed by atoms with E-state index < -0.39 is 5.54 Å². The number of carbonyl (C=O) groups is 2. The number of carbonyl (C=O) groups excluding carboxylic acids is 2. The zero-order valence-corrected chi connectivity index (χ0v) is 12.6. The predicted octanol–water partition coefficient (Wildman–Crippen LogP) is 1.32. The van der Waals surface area contributed by atoms with Gasteiger partial charge in [-0.15, -0.1) is 0 Å². The molecule has 114 valence electrons. The highest BCUT2D eigenvalue weighted by Gasteiger charge is 2.50. The second-order valence-corrected chi connectivity index (χ2v) is 6.12. The van der Waals surface area contributed by atoms with Gasteiger partial charge in [-0.05, 0) is 44.9 Å². The highest BCUT2D eigenvalue weighted by molar-refractivity contribution is 5.93. The SMILES string of the molecule is COCCCCCN1CCC(=O)NC(C)(C2CC2)C1=O. The van der Waals surface area contributed by atoms with Gasteiger partial charge in [0.1, 0.15) is 5.54 Å². The summed E-state index contributed by atoms with van der Waals surface area (Å²) in [6.45, 7) is 3.97. The molecule has 0 aromatic heterocycles. The van der Waals surface area contributed by atoms with Crippen molar-refractivity contribution in [3.63, 3.8) is 0 Å². The minimum absolute atomic E-state index is 0.00892. The Balaban J connectivity index is 1.90. The van der Waals surface area contributed by atoms with Gasteiger partial charge in [0.15, 0.2) is 0 Å². The topological polar surface area (TPSA) is 58.6 Å². The molecule has 0 aromatic rings. The van der Waals surface area contributed by atoms with E-state index in [2.05, 4.69) is 5.32 Å². The zero-order chi connectivity index (χ0) is 14.6. The minimum Gasteiger partial charge on any atom is -0.385 e. The first-order chi connectivity index (χ1) is 9.58. The van der Waals surface area contributed by atoms with Gasteiger partial charge >= 0.3 is 0 Å². The number of rotatable bonds is 7. The minimum atomic E-state index is -0.667. The quantitative estimate of drug-likeness (QED) is 0.717. The Hall–Kier alpha value is -1.10. The zero-order valence-electron chi connectivity index (χ0n) is 12.6. The summed E-state index contributed by atoms with van der Waals surface area (Å²) in [5.74, 6) is 0.445. The standard InChI is InChI=1S/C15H26N2O3/c1-15(12-6-7-12)14(19)17(10-8-13(18)16-15)9-4-3-5-11-20-2/h12H,3-11H2,1-2H3,(H,16,18). The van der Waals surface area contributed by atoms with Crippen LogP contribution in [0.15, 0.2) is 0 Å². The Morgan fingerprint density at radius 1 is 1.30 bits per heavy atom. The highest BCUT2D eigenvalue weighted by atomic mass is 16.5. The van der Waals surface area contributed by atoms with Crippen LogP contribution in [0.1, 0.15) is 45.4 Å². The van der Waals surface area contributed by atoms with Crippen LogP contribution in [0.25, 0.3) is 0 Å². The number of hydrogen-bond donors (Lipinski definition) is 1. The van der Waals surface area contributed by atoms with Crippen LogP contribution in [0.2, 0.25) is 0 Å². The van der Waals surface area contributed by atoms with Crippen molar-refractivity contribution >= 4 is 11.8 Å².